The molecule has 1 aromatic carbocycles. The molecular weight excluding hydrogens is 212 g/mol. The van der Waals surface area contributed by atoms with Crippen LogP contribution in [0.2, 0.25) is 0 Å². The Kier molecular flexibility index (Phi) is 2.29. The molecule has 0 fully saturated rings. The van der Waals surface area contributed by atoms with Crippen molar-refractivity contribution in [3.8, 4) is 22.7 Å². The number of aromatic nitrogens is 2. The molecule has 0 amide bonds. The van der Waals surface area contributed by atoms with Crippen LogP contribution >= 0.6 is 0 Å². The maximum absolute atomic E-state index is 5.58. The molecular formula is C14H12N2O. The summed E-state index contributed by atoms with van der Waals surface area (Å²) < 4.78 is 7.56. The average molecular weight is 224 g/mol. The third-order valence-electron chi connectivity index (χ3n) is 2.76. The first kappa shape index (κ1) is 9.90. The monoisotopic (exact) mass is 224 g/mol. The van der Waals surface area contributed by atoms with Crippen molar-refractivity contribution in [2.45, 2.75) is 0 Å². The summed E-state index contributed by atoms with van der Waals surface area (Å²) in [5.74, 6) is 1.78. The molecule has 2 heterocycles. The highest BCUT2D eigenvalue weighted by atomic mass is 16.3. The maximum Gasteiger partial charge on any atom is 0.144 e. The Morgan fingerprint density at radius 1 is 1.12 bits per heavy atom. The van der Waals surface area contributed by atoms with Crippen molar-refractivity contribution in [2.24, 2.45) is 7.05 Å². The van der Waals surface area contributed by atoms with Crippen molar-refractivity contribution < 1.29 is 4.42 Å². The van der Waals surface area contributed by atoms with Gasteiger partial charge < -0.3 is 8.98 Å². The van der Waals surface area contributed by atoms with E-state index in [2.05, 4.69) is 4.98 Å². The van der Waals surface area contributed by atoms with Crippen LogP contribution in [-0.2, 0) is 7.05 Å². The summed E-state index contributed by atoms with van der Waals surface area (Å²) >= 11 is 0. The molecule has 84 valence electrons. The number of furan rings is 1. The van der Waals surface area contributed by atoms with Crippen molar-refractivity contribution in [1.82, 2.24) is 9.55 Å². The summed E-state index contributed by atoms with van der Waals surface area (Å²) in [6.45, 7) is 0. The number of benzene rings is 1. The van der Waals surface area contributed by atoms with Crippen molar-refractivity contribution in [1.29, 1.82) is 0 Å². The minimum Gasteiger partial charge on any atom is -0.464 e. The van der Waals surface area contributed by atoms with Gasteiger partial charge in [-0.1, -0.05) is 30.3 Å². The standard InChI is InChI=1S/C14H12N2O/c1-16-9-8-15-14(16)12-7-10-17-13(12)11-5-3-2-4-6-11/h2-10H,1H3. The topological polar surface area (TPSA) is 31.0 Å². The molecule has 0 N–H and O–H groups in total. The average Bonchev–Trinajstić information content (AvgIpc) is 2.98. The van der Waals surface area contributed by atoms with Gasteiger partial charge in [-0.15, -0.1) is 0 Å². The van der Waals surface area contributed by atoms with Gasteiger partial charge in [-0.3, -0.25) is 0 Å². The zero-order chi connectivity index (χ0) is 11.7. The quantitative estimate of drug-likeness (QED) is 0.668. The molecule has 0 aliphatic heterocycles. The van der Waals surface area contributed by atoms with Crippen LogP contribution in [0.3, 0.4) is 0 Å². The molecule has 0 aliphatic carbocycles. The first-order chi connectivity index (χ1) is 8.36. The molecule has 17 heavy (non-hydrogen) atoms. The van der Waals surface area contributed by atoms with E-state index in [1.807, 2.05) is 54.2 Å². The number of rotatable bonds is 2. The molecule has 0 spiro atoms. The molecule has 3 rings (SSSR count). The molecule has 0 aliphatic rings. The lowest BCUT2D eigenvalue weighted by atomic mass is 10.1. The highest BCUT2D eigenvalue weighted by Gasteiger charge is 2.13. The van der Waals surface area contributed by atoms with Crippen molar-refractivity contribution >= 4 is 0 Å². The van der Waals surface area contributed by atoms with Gasteiger partial charge in [0.1, 0.15) is 11.6 Å². The molecule has 0 bridgehead atoms. The van der Waals surface area contributed by atoms with Gasteiger partial charge in [-0.05, 0) is 6.07 Å². The second-order valence-corrected chi connectivity index (χ2v) is 3.89. The highest BCUT2D eigenvalue weighted by molar-refractivity contribution is 5.76. The summed E-state index contributed by atoms with van der Waals surface area (Å²) in [5, 5.41) is 0. The fourth-order valence-corrected chi connectivity index (χ4v) is 1.92. The van der Waals surface area contributed by atoms with E-state index in [4.69, 9.17) is 4.42 Å². The molecule has 2 aromatic heterocycles. The van der Waals surface area contributed by atoms with Crippen LogP contribution in [0.25, 0.3) is 22.7 Å². The Morgan fingerprint density at radius 2 is 1.94 bits per heavy atom. The van der Waals surface area contributed by atoms with Crippen molar-refractivity contribution in [3.63, 3.8) is 0 Å². The summed E-state index contributed by atoms with van der Waals surface area (Å²) in [6.07, 6.45) is 5.42. The summed E-state index contributed by atoms with van der Waals surface area (Å²) in [6, 6.07) is 12.0. The van der Waals surface area contributed by atoms with Gasteiger partial charge >= 0.3 is 0 Å². The second kappa shape index (κ2) is 3.94. The predicted octanol–water partition coefficient (Wildman–Crippen LogP) is 3.35. The van der Waals surface area contributed by atoms with Crippen molar-refractivity contribution in [2.75, 3.05) is 0 Å². The molecule has 0 saturated heterocycles. The maximum atomic E-state index is 5.58. The van der Waals surface area contributed by atoms with Crippen LogP contribution < -0.4 is 0 Å². The van der Waals surface area contributed by atoms with E-state index in [0.717, 1.165) is 22.7 Å². The Morgan fingerprint density at radius 3 is 2.65 bits per heavy atom. The van der Waals surface area contributed by atoms with Crippen LogP contribution in [0.5, 0.6) is 0 Å². The minimum atomic E-state index is 0.861. The minimum absolute atomic E-state index is 0.861. The molecule has 0 unspecified atom stereocenters. The third kappa shape index (κ3) is 1.65. The fraction of sp³-hybridized carbons (Fsp3) is 0.0714. The Bertz CT molecular complexity index is 622. The van der Waals surface area contributed by atoms with E-state index in [9.17, 15) is 0 Å². The van der Waals surface area contributed by atoms with Gasteiger partial charge in [-0.2, -0.15) is 0 Å². The highest BCUT2D eigenvalue weighted by Crippen LogP contribution is 2.31. The molecule has 0 atom stereocenters. The second-order valence-electron chi connectivity index (χ2n) is 3.89. The van der Waals surface area contributed by atoms with Crippen LogP contribution in [-0.4, -0.2) is 9.55 Å². The molecule has 3 aromatic rings. The van der Waals surface area contributed by atoms with Crippen molar-refractivity contribution in [3.05, 3.63) is 55.1 Å². The van der Waals surface area contributed by atoms with Gasteiger partial charge in [0, 0.05) is 25.0 Å². The Balaban J connectivity index is 2.16. The van der Waals surface area contributed by atoms with Gasteiger partial charge in [0.05, 0.1) is 11.8 Å². The zero-order valence-corrected chi connectivity index (χ0v) is 9.50. The number of aryl methyl sites for hydroxylation is 1. The van der Waals surface area contributed by atoms with E-state index in [0.29, 0.717) is 0 Å². The number of hydrogen-bond acceptors (Lipinski definition) is 2. The molecule has 0 saturated carbocycles. The van der Waals surface area contributed by atoms with Crippen LogP contribution in [0.4, 0.5) is 0 Å². The Labute approximate surface area is 99.3 Å². The van der Waals surface area contributed by atoms with Crippen LogP contribution in [0, 0.1) is 0 Å². The third-order valence-corrected chi connectivity index (χ3v) is 2.76. The van der Waals surface area contributed by atoms with Gasteiger partial charge in [0.15, 0.2) is 0 Å². The number of imidazole rings is 1. The predicted molar refractivity (Wildman–Crippen MR) is 66.3 cm³/mol. The lowest BCUT2D eigenvalue weighted by Crippen LogP contribution is -1.91. The van der Waals surface area contributed by atoms with E-state index in [-0.39, 0.29) is 0 Å². The SMILES string of the molecule is Cn1ccnc1-c1ccoc1-c1ccccc1. The molecule has 0 radical (unpaired) electrons. The molecule has 3 heteroatoms. The number of nitrogens with zero attached hydrogens (tertiary/aromatic N) is 2. The molecule has 3 nitrogen and oxygen atoms in total. The van der Waals surface area contributed by atoms with Gasteiger partial charge in [0.2, 0.25) is 0 Å². The lowest BCUT2D eigenvalue weighted by Gasteiger charge is -2.02. The van der Waals surface area contributed by atoms with E-state index >= 15 is 0 Å². The van der Waals surface area contributed by atoms with E-state index in [1.165, 1.54) is 0 Å². The van der Waals surface area contributed by atoms with Crippen LogP contribution in [0.15, 0.2) is 59.5 Å². The summed E-state index contributed by atoms with van der Waals surface area (Å²) in [7, 11) is 1.98. The van der Waals surface area contributed by atoms with Crippen LogP contribution in [0.1, 0.15) is 0 Å². The summed E-state index contributed by atoms with van der Waals surface area (Å²) in [4.78, 5) is 4.35. The van der Waals surface area contributed by atoms with Gasteiger partial charge in [-0.25, -0.2) is 4.98 Å². The van der Waals surface area contributed by atoms with Gasteiger partial charge in [0.25, 0.3) is 0 Å². The first-order valence-electron chi connectivity index (χ1n) is 5.47. The largest absolute Gasteiger partial charge is 0.464 e. The van der Waals surface area contributed by atoms with E-state index in [1.54, 1.807) is 12.5 Å². The fourth-order valence-electron chi connectivity index (χ4n) is 1.92. The summed E-state index contributed by atoms with van der Waals surface area (Å²) in [5.41, 5.74) is 2.08. The smallest absolute Gasteiger partial charge is 0.144 e. The lowest BCUT2D eigenvalue weighted by molar-refractivity contribution is 0.582. The Hall–Kier alpha value is -2.29. The van der Waals surface area contributed by atoms with E-state index < -0.39 is 0 Å². The number of hydrogen-bond donors (Lipinski definition) is 0. The zero-order valence-electron chi connectivity index (χ0n) is 9.50. The normalized spacial score (nSPS) is 10.6. The first-order valence-corrected chi connectivity index (χ1v) is 5.47.